The predicted molar refractivity (Wildman–Crippen MR) is 232 cm³/mol. The smallest absolute Gasteiger partial charge is 0.154 e. The van der Waals surface area contributed by atoms with E-state index in [0.717, 1.165) is 29.5 Å². The van der Waals surface area contributed by atoms with E-state index in [2.05, 4.69) is 107 Å². The van der Waals surface area contributed by atoms with Gasteiger partial charge in [-0.3, -0.25) is 0 Å². The standard InChI is InChI=1S/C26H24ClN5.C20H22N4/c1-17-6-5-9-19(14-17)22(15-18-7-3-2-4-8-18)23-16-24(28)30-26(29)25(23)32-31-21-12-10-20(27)11-13-21;1-13-6-5-9-15(10-13)16(11-14-7-3-2-4-8-14)17-12-18(21)24-20(23)19(17)22/h2-14,16,22H,15H2,1H3,(H4,28,29,30);2-10,12,16H,11,22H2,1H3,(H4,21,23,24). The number of nitrogen functional groups attached to an aromatic ring is 5. The number of hydrogen-bond donors (Lipinski definition) is 5. The lowest BCUT2D eigenvalue weighted by Crippen LogP contribution is -2.12. The van der Waals surface area contributed by atoms with Crippen LogP contribution in [0.5, 0.6) is 0 Å². The van der Waals surface area contributed by atoms with Crippen molar-refractivity contribution in [3.63, 3.8) is 0 Å². The van der Waals surface area contributed by atoms with Gasteiger partial charge >= 0.3 is 0 Å². The van der Waals surface area contributed by atoms with Crippen LogP contribution in [0.1, 0.15) is 56.3 Å². The maximum absolute atomic E-state index is 6.28. The molecule has 0 radical (unpaired) electrons. The minimum atomic E-state index is -0.0240. The highest BCUT2D eigenvalue weighted by Gasteiger charge is 2.23. The highest BCUT2D eigenvalue weighted by molar-refractivity contribution is 6.30. The second-order valence-corrected chi connectivity index (χ2v) is 14.2. The molecule has 2 unspecified atom stereocenters. The number of anilines is 5. The third-order valence-electron chi connectivity index (χ3n) is 9.51. The highest BCUT2D eigenvalue weighted by atomic mass is 35.5. The summed E-state index contributed by atoms with van der Waals surface area (Å²) in [7, 11) is 0. The van der Waals surface area contributed by atoms with Crippen LogP contribution in [0.2, 0.25) is 5.02 Å². The third-order valence-corrected chi connectivity index (χ3v) is 9.76. The van der Waals surface area contributed by atoms with Crippen molar-refractivity contribution in [1.82, 2.24) is 9.97 Å². The number of pyridine rings is 2. The van der Waals surface area contributed by atoms with Gasteiger partial charge in [0.05, 0.1) is 11.4 Å². The summed E-state index contributed by atoms with van der Waals surface area (Å²) < 4.78 is 0. The predicted octanol–water partition coefficient (Wildman–Crippen LogP) is 10.5. The van der Waals surface area contributed by atoms with E-state index in [4.69, 9.17) is 40.3 Å². The Labute approximate surface area is 333 Å². The van der Waals surface area contributed by atoms with E-state index in [0.29, 0.717) is 33.7 Å². The zero-order chi connectivity index (χ0) is 39.6. The van der Waals surface area contributed by atoms with Crippen LogP contribution in [0.4, 0.5) is 40.3 Å². The van der Waals surface area contributed by atoms with Crippen molar-refractivity contribution in [1.29, 1.82) is 0 Å². The molecule has 0 amide bonds. The molecule has 2 heterocycles. The van der Waals surface area contributed by atoms with Crippen molar-refractivity contribution in [2.45, 2.75) is 38.5 Å². The third kappa shape index (κ3) is 10.1. The molecule has 7 rings (SSSR count). The number of aryl methyl sites for hydroxylation is 2. The molecule has 0 fully saturated rings. The molecule has 0 saturated heterocycles. The summed E-state index contributed by atoms with van der Waals surface area (Å²) in [5.41, 5.74) is 41.2. The molecule has 10 N–H and O–H groups in total. The van der Waals surface area contributed by atoms with Crippen LogP contribution >= 0.6 is 11.6 Å². The van der Waals surface area contributed by atoms with E-state index in [1.807, 2.05) is 48.5 Å². The molecule has 0 bridgehead atoms. The second kappa shape index (κ2) is 18.1. The average molecular weight is 760 g/mol. The highest BCUT2D eigenvalue weighted by Crippen LogP contribution is 2.40. The molecular weight excluding hydrogens is 714 g/mol. The topological polar surface area (TPSA) is 181 Å². The van der Waals surface area contributed by atoms with Gasteiger partial charge in [0, 0.05) is 16.9 Å². The molecule has 9 nitrogen and oxygen atoms in total. The summed E-state index contributed by atoms with van der Waals surface area (Å²) in [5.74, 6) is 1.33. The van der Waals surface area contributed by atoms with Crippen molar-refractivity contribution < 1.29 is 0 Å². The molecule has 2 aromatic heterocycles. The van der Waals surface area contributed by atoms with Crippen molar-refractivity contribution in [3.8, 4) is 0 Å². The molecule has 0 aliphatic rings. The molecule has 2 atom stereocenters. The first-order valence-electron chi connectivity index (χ1n) is 18.3. The maximum atomic E-state index is 6.28. The molecular formula is C46H46ClN9. The second-order valence-electron chi connectivity index (χ2n) is 13.8. The lowest BCUT2D eigenvalue weighted by Gasteiger charge is -2.21. The lowest BCUT2D eigenvalue weighted by atomic mass is 9.84. The van der Waals surface area contributed by atoms with Gasteiger partial charge in [0.1, 0.15) is 23.1 Å². The fourth-order valence-corrected chi connectivity index (χ4v) is 6.91. The van der Waals surface area contributed by atoms with E-state index >= 15 is 0 Å². The Kier molecular flexibility index (Phi) is 12.6. The van der Waals surface area contributed by atoms with Crippen LogP contribution in [0, 0.1) is 13.8 Å². The first-order valence-corrected chi connectivity index (χ1v) is 18.7. The molecule has 0 aliphatic heterocycles. The number of benzene rings is 5. The van der Waals surface area contributed by atoms with Gasteiger partial charge in [-0.2, -0.15) is 5.11 Å². The van der Waals surface area contributed by atoms with Crippen LogP contribution in [0.25, 0.3) is 0 Å². The minimum Gasteiger partial charge on any atom is -0.396 e. The monoisotopic (exact) mass is 759 g/mol. The summed E-state index contributed by atoms with van der Waals surface area (Å²) in [4.78, 5) is 8.31. The summed E-state index contributed by atoms with van der Waals surface area (Å²) in [6.07, 6.45) is 1.58. The Morgan fingerprint density at radius 1 is 0.518 bits per heavy atom. The van der Waals surface area contributed by atoms with Gasteiger partial charge in [0.15, 0.2) is 5.82 Å². The first kappa shape index (κ1) is 39.0. The zero-order valence-electron chi connectivity index (χ0n) is 31.5. The van der Waals surface area contributed by atoms with Crippen LogP contribution in [-0.4, -0.2) is 9.97 Å². The number of azo groups is 1. The van der Waals surface area contributed by atoms with Gasteiger partial charge in [-0.1, -0.05) is 132 Å². The molecule has 0 aliphatic carbocycles. The largest absolute Gasteiger partial charge is 0.396 e. The Morgan fingerprint density at radius 2 is 1.00 bits per heavy atom. The molecule has 0 spiro atoms. The number of halogens is 1. The van der Waals surface area contributed by atoms with Gasteiger partial charge in [0.2, 0.25) is 0 Å². The number of aromatic nitrogens is 2. The molecule has 282 valence electrons. The summed E-state index contributed by atoms with van der Waals surface area (Å²) >= 11 is 5.98. The summed E-state index contributed by atoms with van der Waals surface area (Å²) in [6.45, 7) is 4.17. The van der Waals surface area contributed by atoms with Crippen LogP contribution in [0.15, 0.2) is 156 Å². The summed E-state index contributed by atoms with van der Waals surface area (Å²) in [5, 5.41) is 9.51. The van der Waals surface area contributed by atoms with E-state index in [-0.39, 0.29) is 23.5 Å². The molecule has 10 heteroatoms. The molecule has 0 saturated carbocycles. The molecule has 56 heavy (non-hydrogen) atoms. The molecule has 7 aromatic rings. The summed E-state index contributed by atoms with van der Waals surface area (Å²) in [6, 6.07) is 48.4. The minimum absolute atomic E-state index is 0.0240. The normalized spacial score (nSPS) is 12.1. The zero-order valence-corrected chi connectivity index (χ0v) is 32.2. The number of nitrogens with zero attached hydrogens (tertiary/aromatic N) is 4. The van der Waals surface area contributed by atoms with E-state index < -0.39 is 0 Å². The van der Waals surface area contributed by atoms with Gasteiger partial charge in [-0.05, 0) is 96.5 Å². The van der Waals surface area contributed by atoms with Gasteiger partial charge < -0.3 is 28.7 Å². The lowest BCUT2D eigenvalue weighted by molar-refractivity contribution is 0.802. The molecule has 5 aromatic carbocycles. The van der Waals surface area contributed by atoms with Crippen LogP contribution < -0.4 is 28.7 Å². The Bertz CT molecular complexity index is 2420. The van der Waals surface area contributed by atoms with Crippen molar-refractivity contribution in [2.75, 3.05) is 28.7 Å². The number of rotatable bonds is 10. The first-order chi connectivity index (χ1) is 27.0. The van der Waals surface area contributed by atoms with E-state index in [1.54, 1.807) is 24.3 Å². The van der Waals surface area contributed by atoms with Crippen molar-refractivity contribution in [2.24, 2.45) is 10.2 Å². The SMILES string of the molecule is Cc1cccc(C(Cc2ccccc2)c2cc(N)nc(N)c2N)c1.Cc1cccc(C(Cc2ccccc2)c2cc(N)nc(N)c2N=Nc2ccc(Cl)cc2)c1. The van der Waals surface area contributed by atoms with Gasteiger partial charge in [0.25, 0.3) is 0 Å². The Balaban J connectivity index is 0.000000198. The fourth-order valence-electron chi connectivity index (χ4n) is 6.78. The van der Waals surface area contributed by atoms with Crippen LogP contribution in [0.3, 0.4) is 0 Å². The fraction of sp³-hybridized carbons (Fsp3) is 0.130. The van der Waals surface area contributed by atoms with Gasteiger partial charge in [-0.25, -0.2) is 9.97 Å². The van der Waals surface area contributed by atoms with Crippen LogP contribution in [-0.2, 0) is 12.8 Å². The van der Waals surface area contributed by atoms with E-state index in [1.165, 1.54) is 27.8 Å². The number of hydrogen-bond acceptors (Lipinski definition) is 9. The Hall–Kier alpha value is -6.71. The van der Waals surface area contributed by atoms with Gasteiger partial charge in [-0.15, -0.1) is 5.11 Å². The quantitative estimate of drug-likeness (QED) is 0.0860. The van der Waals surface area contributed by atoms with Crippen molar-refractivity contribution in [3.05, 3.63) is 195 Å². The average Bonchev–Trinajstić information content (AvgIpc) is 3.19. The van der Waals surface area contributed by atoms with E-state index in [9.17, 15) is 0 Å². The Morgan fingerprint density at radius 3 is 1.52 bits per heavy atom. The number of nitrogens with two attached hydrogens (primary N) is 5. The maximum Gasteiger partial charge on any atom is 0.154 e. The van der Waals surface area contributed by atoms with Crippen molar-refractivity contribution >= 4 is 51.9 Å².